The van der Waals surface area contributed by atoms with Crippen LogP contribution in [-0.2, 0) is 0 Å². The Morgan fingerprint density at radius 2 is 1.65 bits per heavy atom. The zero-order valence-electron chi connectivity index (χ0n) is 10.4. The highest BCUT2D eigenvalue weighted by Gasteiger charge is 2.30. The maximum atomic E-state index is 12.0. The molecule has 0 aliphatic heterocycles. The summed E-state index contributed by atoms with van der Waals surface area (Å²) in [6.07, 6.45) is -1.35. The monoisotopic (exact) mass is 346 g/mol. The van der Waals surface area contributed by atoms with Crippen molar-refractivity contribution in [1.29, 1.82) is 0 Å². The molecule has 106 valence electrons. The van der Waals surface area contributed by atoms with E-state index >= 15 is 0 Å². The van der Waals surface area contributed by atoms with Crippen molar-refractivity contribution < 1.29 is 17.9 Å². The van der Waals surface area contributed by atoms with Crippen LogP contribution in [0.3, 0.4) is 0 Å². The fourth-order valence-electron chi connectivity index (χ4n) is 1.50. The van der Waals surface area contributed by atoms with Crippen molar-refractivity contribution in [3.05, 3.63) is 42.2 Å². The van der Waals surface area contributed by atoms with Crippen LogP contribution in [0, 0.1) is 0 Å². The molecule has 1 atom stereocenters. The van der Waals surface area contributed by atoms with Gasteiger partial charge in [0.1, 0.15) is 5.75 Å². The van der Waals surface area contributed by atoms with Gasteiger partial charge in [0.25, 0.3) is 0 Å². The molecule has 0 saturated heterocycles. The number of halogens is 4. The standard InChI is InChI=1S/C13H10BrF3N2O/c1-8(14)10-6-18-12(19-7-10)9-2-4-11(5-3-9)20-13(15,16)17/h2-8H,1H3. The summed E-state index contributed by atoms with van der Waals surface area (Å²) in [7, 11) is 0. The van der Waals surface area contributed by atoms with Crippen molar-refractivity contribution in [2.45, 2.75) is 18.1 Å². The van der Waals surface area contributed by atoms with Crippen molar-refractivity contribution in [2.24, 2.45) is 0 Å². The smallest absolute Gasteiger partial charge is 0.406 e. The summed E-state index contributed by atoms with van der Waals surface area (Å²) >= 11 is 3.40. The Hall–Kier alpha value is -1.63. The summed E-state index contributed by atoms with van der Waals surface area (Å²) in [6, 6.07) is 5.42. The van der Waals surface area contributed by atoms with Crippen molar-refractivity contribution in [3.63, 3.8) is 0 Å². The van der Waals surface area contributed by atoms with Crippen molar-refractivity contribution >= 4 is 15.9 Å². The van der Waals surface area contributed by atoms with E-state index in [9.17, 15) is 13.2 Å². The van der Waals surface area contributed by atoms with Crippen LogP contribution in [0.4, 0.5) is 13.2 Å². The molecule has 3 nitrogen and oxygen atoms in total. The molecule has 0 N–H and O–H groups in total. The molecule has 0 amide bonds. The summed E-state index contributed by atoms with van der Waals surface area (Å²) in [4.78, 5) is 8.48. The molecule has 0 bridgehead atoms. The number of ether oxygens (including phenoxy) is 1. The lowest BCUT2D eigenvalue weighted by atomic mass is 10.2. The second-order valence-electron chi connectivity index (χ2n) is 4.03. The summed E-state index contributed by atoms with van der Waals surface area (Å²) in [5, 5.41) is 0. The first kappa shape index (κ1) is 14.8. The van der Waals surface area contributed by atoms with Gasteiger partial charge in [0.2, 0.25) is 0 Å². The largest absolute Gasteiger partial charge is 0.573 e. The third kappa shape index (κ3) is 3.93. The minimum atomic E-state index is -4.69. The number of benzene rings is 1. The van der Waals surface area contributed by atoms with Gasteiger partial charge in [-0.2, -0.15) is 0 Å². The predicted molar refractivity (Wildman–Crippen MR) is 71.5 cm³/mol. The third-order valence-electron chi connectivity index (χ3n) is 2.48. The lowest BCUT2D eigenvalue weighted by Gasteiger charge is -2.09. The lowest BCUT2D eigenvalue weighted by Crippen LogP contribution is -2.16. The third-order valence-corrected chi connectivity index (χ3v) is 3.01. The maximum Gasteiger partial charge on any atom is 0.573 e. The molecule has 0 saturated carbocycles. The first-order chi connectivity index (χ1) is 9.35. The van der Waals surface area contributed by atoms with Gasteiger partial charge in [0.15, 0.2) is 5.82 Å². The van der Waals surface area contributed by atoms with Crippen LogP contribution in [0.25, 0.3) is 11.4 Å². The average molecular weight is 347 g/mol. The molecule has 0 aliphatic carbocycles. The SMILES string of the molecule is CC(Br)c1cnc(-c2ccc(OC(F)(F)F)cc2)nc1. The highest BCUT2D eigenvalue weighted by molar-refractivity contribution is 9.09. The molecule has 1 aromatic carbocycles. The molecule has 2 rings (SSSR count). The maximum absolute atomic E-state index is 12.0. The van der Waals surface area contributed by atoms with Gasteiger partial charge in [-0.15, -0.1) is 13.2 Å². The number of alkyl halides is 4. The van der Waals surface area contributed by atoms with Crippen LogP contribution in [0.15, 0.2) is 36.7 Å². The first-order valence-corrected chi connectivity index (χ1v) is 6.59. The van der Waals surface area contributed by atoms with Crippen LogP contribution in [0.5, 0.6) is 5.75 Å². The Morgan fingerprint density at radius 1 is 1.10 bits per heavy atom. The summed E-state index contributed by atoms with van der Waals surface area (Å²) < 4.78 is 39.9. The minimum absolute atomic E-state index is 0.138. The van der Waals surface area contributed by atoms with Crippen LogP contribution < -0.4 is 4.74 Å². The van der Waals surface area contributed by atoms with E-state index in [1.807, 2.05) is 6.92 Å². The number of hydrogen-bond acceptors (Lipinski definition) is 3. The van der Waals surface area contributed by atoms with Gasteiger partial charge >= 0.3 is 6.36 Å². The normalized spacial score (nSPS) is 13.1. The van der Waals surface area contributed by atoms with Gasteiger partial charge in [-0.3, -0.25) is 0 Å². The summed E-state index contributed by atoms with van der Waals surface area (Å²) in [5.74, 6) is 0.174. The highest BCUT2D eigenvalue weighted by Crippen LogP contribution is 2.26. The number of aromatic nitrogens is 2. The van der Waals surface area contributed by atoms with Gasteiger partial charge in [-0.25, -0.2) is 9.97 Å². The summed E-state index contributed by atoms with van der Waals surface area (Å²) in [6.45, 7) is 1.95. The van der Waals surface area contributed by atoms with Gasteiger partial charge in [-0.05, 0) is 31.2 Å². The Kier molecular flexibility index (Phi) is 4.27. The molecule has 0 radical (unpaired) electrons. The van der Waals surface area contributed by atoms with Gasteiger partial charge in [0, 0.05) is 28.3 Å². The Balaban J connectivity index is 2.17. The fourth-order valence-corrected chi connectivity index (χ4v) is 1.73. The molecule has 0 fully saturated rings. The van der Waals surface area contributed by atoms with Gasteiger partial charge < -0.3 is 4.74 Å². The van der Waals surface area contributed by atoms with E-state index in [4.69, 9.17) is 0 Å². The second kappa shape index (κ2) is 5.78. The zero-order valence-corrected chi connectivity index (χ0v) is 11.9. The van der Waals surface area contributed by atoms with Gasteiger partial charge in [-0.1, -0.05) is 15.9 Å². The first-order valence-electron chi connectivity index (χ1n) is 5.67. The van der Waals surface area contributed by atoms with Crippen LogP contribution in [0.2, 0.25) is 0 Å². The van der Waals surface area contributed by atoms with Gasteiger partial charge in [0.05, 0.1) is 0 Å². The number of rotatable bonds is 3. The quantitative estimate of drug-likeness (QED) is 0.767. The van der Waals surface area contributed by atoms with Crippen molar-refractivity contribution in [1.82, 2.24) is 9.97 Å². The molecule has 0 aliphatic rings. The predicted octanol–water partition coefficient (Wildman–Crippen LogP) is 4.50. The molecule has 0 spiro atoms. The van der Waals surface area contributed by atoms with Crippen molar-refractivity contribution in [2.75, 3.05) is 0 Å². The van der Waals surface area contributed by atoms with E-state index in [-0.39, 0.29) is 10.6 Å². The van der Waals surface area contributed by atoms with E-state index in [1.165, 1.54) is 24.3 Å². The summed E-state index contributed by atoms with van der Waals surface area (Å²) in [5.41, 5.74) is 1.54. The van der Waals surface area contributed by atoms with E-state index < -0.39 is 6.36 Å². The van der Waals surface area contributed by atoms with Crippen LogP contribution in [-0.4, -0.2) is 16.3 Å². The Morgan fingerprint density at radius 3 is 2.10 bits per heavy atom. The Labute approximate surface area is 122 Å². The molecule has 2 aromatic rings. The molecule has 1 aromatic heterocycles. The molecular weight excluding hydrogens is 337 g/mol. The zero-order chi connectivity index (χ0) is 14.8. The average Bonchev–Trinajstić information content (AvgIpc) is 2.38. The van der Waals surface area contributed by atoms with Crippen LogP contribution in [0.1, 0.15) is 17.3 Å². The molecule has 7 heteroatoms. The Bertz CT molecular complexity index is 568. The second-order valence-corrected chi connectivity index (χ2v) is 5.40. The fraction of sp³-hybridized carbons (Fsp3) is 0.231. The molecule has 1 unspecified atom stereocenters. The van der Waals surface area contributed by atoms with E-state index in [0.29, 0.717) is 11.4 Å². The minimum Gasteiger partial charge on any atom is -0.406 e. The van der Waals surface area contributed by atoms with E-state index in [1.54, 1.807) is 12.4 Å². The number of nitrogens with zero attached hydrogens (tertiary/aromatic N) is 2. The van der Waals surface area contributed by atoms with E-state index in [2.05, 4.69) is 30.6 Å². The van der Waals surface area contributed by atoms with Crippen molar-refractivity contribution in [3.8, 4) is 17.1 Å². The lowest BCUT2D eigenvalue weighted by molar-refractivity contribution is -0.274. The highest BCUT2D eigenvalue weighted by atomic mass is 79.9. The van der Waals surface area contributed by atoms with E-state index in [0.717, 1.165) is 5.56 Å². The topological polar surface area (TPSA) is 35.0 Å². The molecule has 20 heavy (non-hydrogen) atoms. The number of hydrogen-bond donors (Lipinski definition) is 0. The molecule has 1 heterocycles. The molecular formula is C13H10BrF3N2O. The van der Waals surface area contributed by atoms with Crippen LogP contribution >= 0.6 is 15.9 Å².